The molecule has 2 rings (SSSR count). The molecule has 0 aromatic carbocycles. The minimum Gasteiger partial charge on any atom is -0.464 e. The summed E-state index contributed by atoms with van der Waals surface area (Å²) in [4.78, 5) is 14.4. The van der Waals surface area contributed by atoms with Gasteiger partial charge in [0.05, 0.1) is 6.04 Å². The number of aryl methyl sites for hydroxylation is 1. The van der Waals surface area contributed by atoms with Crippen LogP contribution in [-0.2, 0) is 9.53 Å². The molecule has 0 N–H and O–H groups in total. The van der Waals surface area contributed by atoms with Crippen molar-refractivity contribution in [3.8, 4) is 0 Å². The maximum absolute atomic E-state index is 12.4. The largest absolute Gasteiger partial charge is 0.464 e. The van der Waals surface area contributed by atoms with Crippen molar-refractivity contribution in [1.82, 2.24) is 4.90 Å². The summed E-state index contributed by atoms with van der Waals surface area (Å²) in [7, 11) is 1.69. The number of hydrogen-bond acceptors (Lipinski definition) is 4. The van der Waals surface area contributed by atoms with Crippen molar-refractivity contribution >= 4 is 17.7 Å². The fourth-order valence-corrected chi connectivity index (χ4v) is 3.50. The summed E-state index contributed by atoms with van der Waals surface area (Å²) < 4.78 is 10.7. The van der Waals surface area contributed by atoms with Gasteiger partial charge in [0, 0.05) is 38.2 Å². The average molecular weight is 297 g/mol. The Hall–Kier alpha value is -0.940. The Morgan fingerprint density at radius 2 is 2.35 bits per heavy atom. The first-order valence-corrected chi connectivity index (χ1v) is 8.30. The Balaban J connectivity index is 1.94. The predicted molar refractivity (Wildman–Crippen MR) is 81.0 cm³/mol. The van der Waals surface area contributed by atoms with E-state index in [0.717, 1.165) is 49.0 Å². The van der Waals surface area contributed by atoms with E-state index >= 15 is 0 Å². The minimum absolute atomic E-state index is 0.0948. The van der Waals surface area contributed by atoms with Crippen LogP contribution in [0, 0.1) is 6.92 Å². The van der Waals surface area contributed by atoms with Crippen molar-refractivity contribution in [3.63, 3.8) is 0 Å². The molecule has 0 aliphatic carbocycles. The maximum Gasteiger partial charge on any atom is 0.223 e. The van der Waals surface area contributed by atoms with E-state index < -0.39 is 0 Å². The SMILES string of the molecule is COCCCCC(=O)N1CCSC[C@@H]1c1ccc(C)o1. The van der Waals surface area contributed by atoms with Gasteiger partial charge < -0.3 is 14.1 Å². The molecule has 1 amide bonds. The first-order valence-electron chi connectivity index (χ1n) is 7.15. The molecule has 5 heteroatoms. The van der Waals surface area contributed by atoms with Gasteiger partial charge in [0.15, 0.2) is 0 Å². The Morgan fingerprint density at radius 1 is 1.50 bits per heavy atom. The van der Waals surface area contributed by atoms with Crippen LogP contribution in [0.2, 0.25) is 0 Å². The van der Waals surface area contributed by atoms with E-state index in [2.05, 4.69) is 0 Å². The Kier molecular flexibility index (Phi) is 5.98. The van der Waals surface area contributed by atoms with Gasteiger partial charge in [-0.15, -0.1) is 0 Å². The number of unbranched alkanes of at least 4 members (excludes halogenated alkanes) is 1. The third kappa shape index (κ3) is 4.03. The molecule has 1 atom stereocenters. The molecule has 20 heavy (non-hydrogen) atoms. The summed E-state index contributed by atoms with van der Waals surface area (Å²) in [6.45, 7) is 3.48. The van der Waals surface area contributed by atoms with E-state index in [4.69, 9.17) is 9.15 Å². The van der Waals surface area contributed by atoms with Crippen LogP contribution >= 0.6 is 11.8 Å². The lowest BCUT2D eigenvalue weighted by Crippen LogP contribution is -2.40. The molecule has 0 unspecified atom stereocenters. The third-order valence-electron chi connectivity index (χ3n) is 3.53. The van der Waals surface area contributed by atoms with Crippen LogP contribution in [0.4, 0.5) is 0 Å². The van der Waals surface area contributed by atoms with Crippen molar-refractivity contribution in [2.24, 2.45) is 0 Å². The topological polar surface area (TPSA) is 42.7 Å². The van der Waals surface area contributed by atoms with Crippen LogP contribution in [0.3, 0.4) is 0 Å². The number of furan rings is 1. The van der Waals surface area contributed by atoms with Gasteiger partial charge >= 0.3 is 0 Å². The molecule has 1 aliphatic rings. The van der Waals surface area contributed by atoms with Crippen LogP contribution in [-0.4, -0.2) is 42.6 Å². The molecule has 0 radical (unpaired) electrons. The van der Waals surface area contributed by atoms with Crippen LogP contribution in [0.1, 0.15) is 36.8 Å². The molecular formula is C15H23NO3S. The van der Waals surface area contributed by atoms with E-state index in [1.54, 1.807) is 7.11 Å². The summed E-state index contributed by atoms with van der Waals surface area (Å²) in [5.41, 5.74) is 0. The Bertz CT molecular complexity index is 433. The van der Waals surface area contributed by atoms with Crippen molar-refractivity contribution < 1.29 is 13.9 Å². The van der Waals surface area contributed by atoms with Crippen molar-refractivity contribution in [2.45, 2.75) is 32.2 Å². The highest BCUT2D eigenvalue weighted by Crippen LogP contribution is 2.31. The fourth-order valence-electron chi connectivity index (χ4n) is 2.44. The monoisotopic (exact) mass is 297 g/mol. The van der Waals surface area contributed by atoms with Gasteiger partial charge in [-0.05, 0) is 31.9 Å². The number of hydrogen-bond donors (Lipinski definition) is 0. The molecular weight excluding hydrogens is 274 g/mol. The Morgan fingerprint density at radius 3 is 3.05 bits per heavy atom. The van der Waals surface area contributed by atoms with Gasteiger partial charge in [0.2, 0.25) is 5.91 Å². The zero-order chi connectivity index (χ0) is 14.4. The summed E-state index contributed by atoms with van der Waals surface area (Å²) in [5, 5.41) is 0. The smallest absolute Gasteiger partial charge is 0.223 e. The average Bonchev–Trinajstić information content (AvgIpc) is 2.90. The predicted octanol–water partition coefficient (Wildman–Crippen LogP) is 3.02. The summed E-state index contributed by atoms with van der Waals surface area (Å²) in [5.74, 6) is 4.00. The normalized spacial score (nSPS) is 19.3. The number of amides is 1. The molecule has 1 aromatic rings. The second kappa shape index (κ2) is 7.74. The highest BCUT2D eigenvalue weighted by atomic mass is 32.2. The number of rotatable bonds is 6. The molecule has 0 saturated carbocycles. The lowest BCUT2D eigenvalue weighted by atomic mass is 10.1. The van der Waals surface area contributed by atoms with Crippen LogP contribution in [0.5, 0.6) is 0 Å². The summed E-state index contributed by atoms with van der Waals surface area (Å²) in [6, 6.07) is 4.06. The quantitative estimate of drug-likeness (QED) is 0.757. The van der Waals surface area contributed by atoms with Gasteiger partial charge in [0.25, 0.3) is 0 Å². The first-order chi connectivity index (χ1) is 9.72. The van der Waals surface area contributed by atoms with Crippen LogP contribution < -0.4 is 0 Å². The maximum atomic E-state index is 12.4. The number of methoxy groups -OCH3 is 1. The van der Waals surface area contributed by atoms with Gasteiger partial charge in [-0.1, -0.05) is 0 Å². The standard InChI is InChI=1S/C15H23NO3S/c1-12-6-7-14(19-12)13-11-20-10-8-16(13)15(17)5-3-4-9-18-2/h6-7,13H,3-5,8-11H2,1-2H3/t13-/m1/s1. The van der Waals surface area contributed by atoms with Gasteiger partial charge in [0.1, 0.15) is 11.5 Å². The van der Waals surface area contributed by atoms with E-state index in [0.29, 0.717) is 6.42 Å². The lowest BCUT2D eigenvalue weighted by Gasteiger charge is -2.34. The molecule has 112 valence electrons. The molecule has 0 bridgehead atoms. The van der Waals surface area contributed by atoms with Crippen molar-refractivity contribution in [2.75, 3.05) is 31.8 Å². The van der Waals surface area contributed by atoms with Gasteiger partial charge in [-0.2, -0.15) is 11.8 Å². The molecule has 1 fully saturated rings. The number of carbonyl (C=O) groups excluding carboxylic acids is 1. The molecule has 1 aliphatic heterocycles. The van der Waals surface area contributed by atoms with Gasteiger partial charge in [-0.25, -0.2) is 0 Å². The Labute approximate surface area is 124 Å². The van der Waals surface area contributed by atoms with Crippen molar-refractivity contribution in [1.29, 1.82) is 0 Å². The highest BCUT2D eigenvalue weighted by molar-refractivity contribution is 7.99. The van der Waals surface area contributed by atoms with Gasteiger partial charge in [-0.3, -0.25) is 4.79 Å². The van der Waals surface area contributed by atoms with Crippen molar-refractivity contribution in [3.05, 3.63) is 23.7 Å². The zero-order valence-corrected chi connectivity index (χ0v) is 13.1. The number of nitrogens with zero attached hydrogens (tertiary/aromatic N) is 1. The van der Waals surface area contributed by atoms with E-state index in [9.17, 15) is 4.79 Å². The summed E-state index contributed by atoms with van der Waals surface area (Å²) >= 11 is 1.89. The number of carbonyl (C=O) groups is 1. The minimum atomic E-state index is 0.0948. The lowest BCUT2D eigenvalue weighted by molar-refractivity contribution is -0.133. The molecule has 1 aromatic heterocycles. The summed E-state index contributed by atoms with van der Waals surface area (Å²) in [6.07, 6.45) is 2.43. The fraction of sp³-hybridized carbons (Fsp3) is 0.667. The third-order valence-corrected chi connectivity index (χ3v) is 4.55. The molecule has 1 saturated heterocycles. The zero-order valence-electron chi connectivity index (χ0n) is 12.3. The van der Waals surface area contributed by atoms with Crippen LogP contribution in [0.15, 0.2) is 16.5 Å². The van der Waals surface area contributed by atoms with E-state index in [1.165, 1.54) is 0 Å². The molecule has 2 heterocycles. The first kappa shape index (κ1) is 15.4. The van der Waals surface area contributed by atoms with E-state index in [1.807, 2.05) is 35.7 Å². The van der Waals surface area contributed by atoms with E-state index in [-0.39, 0.29) is 11.9 Å². The molecule has 0 spiro atoms. The van der Waals surface area contributed by atoms with Crippen LogP contribution in [0.25, 0.3) is 0 Å². The second-order valence-corrected chi connectivity index (χ2v) is 6.23. The number of thioether (sulfide) groups is 1. The molecule has 4 nitrogen and oxygen atoms in total. The highest BCUT2D eigenvalue weighted by Gasteiger charge is 2.29. The number of ether oxygens (including phenoxy) is 1. The second-order valence-electron chi connectivity index (χ2n) is 5.08.